The molecule has 0 fully saturated rings. The van der Waals surface area contributed by atoms with Gasteiger partial charge in [0, 0.05) is 31.3 Å². The second-order valence-electron chi connectivity index (χ2n) is 19.3. The SMILES string of the molecule is CC(C)[C@H](NC(=O)[C@H](Cc1cnc[nH]1)NC(=O)[C@@H](NC(=O)[C@H](CCCN=C(N)N)NC(=O)[C@H](Cc1ccc(O)cc1)NC(=O)[C@H](CC(N)=O)NC(=O)CNC(=O)[C@@H](N)CCCCN)C(C)C)C(=O)N[C@@H](CCCCN)C(=O)O. The van der Waals surface area contributed by atoms with Crippen molar-refractivity contribution in [2.24, 2.45) is 51.2 Å². The van der Waals surface area contributed by atoms with E-state index in [0.717, 1.165) is 0 Å². The predicted molar refractivity (Wildman–Crippen MR) is 285 cm³/mol. The highest BCUT2D eigenvalue weighted by Gasteiger charge is 2.36. The summed E-state index contributed by atoms with van der Waals surface area (Å²) in [5.74, 6) is -10.8. The number of phenolic OH excluding ortho intramolecular Hbond substituents is 1. The molecule has 0 aliphatic rings. The molecule has 78 heavy (non-hydrogen) atoms. The van der Waals surface area contributed by atoms with Crippen LogP contribution < -0.4 is 76.9 Å². The Labute approximate surface area is 452 Å². The summed E-state index contributed by atoms with van der Waals surface area (Å²) >= 11 is 0. The number of carboxylic acids is 1. The number of phenols is 1. The first-order valence-corrected chi connectivity index (χ1v) is 25.7. The summed E-state index contributed by atoms with van der Waals surface area (Å²) in [7, 11) is 0. The molecule has 9 amide bonds. The van der Waals surface area contributed by atoms with E-state index in [0.29, 0.717) is 56.5 Å². The highest BCUT2D eigenvalue weighted by molar-refractivity contribution is 5.98. The van der Waals surface area contributed by atoms with E-state index in [-0.39, 0.29) is 50.4 Å². The lowest BCUT2D eigenvalue weighted by Gasteiger charge is -2.29. The fraction of sp³-hybridized carbons (Fsp3) is 0.592. The van der Waals surface area contributed by atoms with Crippen molar-refractivity contribution in [1.82, 2.24) is 52.5 Å². The summed E-state index contributed by atoms with van der Waals surface area (Å²) in [4.78, 5) is 145. The molecule has 0 spiro atoms. The van der Waals surface area contributed by atoms with Crippen LogP contribution in [0.25, 0.3) is 0 Å². The van der Waals surface area contributed by atoms with Gasteiger partial charge in [-0.25, -0.2) is 9.78 Å². The van der Waals surface area contributed by atoms with Crippen LogP contribution in [-0.2, 0) is 60.8 Å². The minimum absolute atomic E-state index is 0.00996. The molecule has 23 N–H and O–H groups in total. The summed E-state index contributed by atoms with van der Waals surface area (Å²) < 4.78 is 0. The number of aromatic hydroxyl groups is 1. The van der Waals surface area contributed by atoms with Crippen LogP contribution in [0, 0.1) is 11.8 Å². The highest BCUT2D eigenvalue weighted by Crippen LogP contribution is 2.14. The molecule has 8 atom stereocenters. The van der Waals surface area contributed by atoms with Crippen LogP contribution in [0.1, 0.15) is 96.7 Å². The molecule has 0 saturated carbocycles. The van der Waals surface area contributed by atoms with Gasteiger partial charge in [0.15, 0.2) is 5.96 Å². The maximum absolute atomic E-state index is 14.4. The first-order valence-electron chi connectivity index (χ1n) is 25.7. The lowest BCUT2D eigenvalue weighted by Crippen LogP contribution is -2.61. The second-order valence-corrected chi connectivity index (χ2v) is 19.3. The number of nitrogens with one attached hydrogen (secondary N) is 9. The number of primary amides is 1. The summed E-state index contributed by atoms with van der Waals surface area (Å²) in [5, 5.41) is 40.0. The fourth-order valence-corrected chi connectivity index (χ4v) is 7.66. The zero-order valence-electron chi connectivity index (χ0n) is 44.7. The zero-order chi connectivity index (χ0) is 58.5. The Morgan fingerprint density at radius 3 is 1.63 bits per heavy atom. The van der Waals surface area contributed by atoms with Crippen LogP contribution in [0.2, 0.25) is 0 Å². The monoisotopic (exact) mass is 1100 g/mol. The normalized spacial score (nSPS) is 14.2. The van der Waals surface area contributed by atoms with E-state index in [1.54, 1.807) is 27.7 Å². The van der Waals surface area contributed by atoms with E-state index >= 15 is 0 Å². The number of unbranched alkanes of at least 4 members (excludes halogenated alkanes) is 2. The number of amides is 9. The molecule has 0 saturated heterocycles. The number of rotatable bonds is 37. The first kappa shape index (κ1) is 66.2. The van der Waals surface area contributed by atoms with E-state index < -0.39 is 132 Å². The van der Waals surface area contributed by atoms with Crippen molar-refractivity contribution in [3.8, 4) is 5.75 Å². The number of nitrogens with two attached hydrogens (primary N) is 6. The average molecular weight is 1100 g/mol. The van der Waals surface area contributed by atoms with Crippen LogP contribution in [0.5, 0.6) is 5.75 Å². The number of carboxylic acid groups (broad SMARTS) is 1. The van der Waals surface area contributed by atoms with Crippen molar-refractivity contribution in [2.75, 3.05) is 26.2 Å². The second kappa shape index (κ2) is 34.7. The van der Waals surface area contributed by atoms with Gasteiger partial charge in [0.2, 0.25) is 53.2 Å². The van der Waals surface area contributed by atoms with Gasteiger partial charge in [-0.2, -0.15) is 0 Å². The molecule has 2 rings (SSSR count). The summed E-state index contributed by atoms with van der Waals surface area (Å²) in [5.41, 5.74) is 34.2. The first-order chi connectivity index (χ1) is 36.9. The third kappa shape index (κ3) is 24.8. The van der Waals surface area contributed by atoms with Crippen LogP contribution in [0.3, 0.4) is 0 Å². The van der Waals surface area contributed by atoms with E-state index in [9.17, 15) is 58.2 Å². The van der Waals surface area contributed by atoms with Gasteiger partial charge in [-0.05, 0) is 87.6 Å². The Bertz CT molecular complexity index is 2310. The number of aliphatic imine (C=N–C) groups is 1. The van der Waals surface area contributed by atoms with Crippen LogP contribution in [-0.4, -0.2) is 160 Å². The highest BCUT2D eigenvalue weighted by atomic mass is 16.4. The molecule has 29 nitrogen and oxygen atoms in total. The maximum atomic E-state index is 14.4. The van der Waals surface area contributed by atoms with Crippen molar-refractivity contribution >= 4 is 65.1 Å². The lowest BCUT2D eigenvalue weighted by atomic mass is 9.99. The fourth-order valence-electron chi connectivity index (χ4n) is 7.66. The smallest absolute Gasteiger partial charge is 0.326 e. The number of hydrogen-bond donors (Lipinski definition) is 17. The molecule has 1 heterocycles. The number of imidazole rings is 1. The molecule has 1 aromatic heterocycles. The van der Waals surface area contributed by atoms with Gasteiger partial charge in [-0.1, -0.05) is 46.2 Å². The van der Waals surface area contributed by atoms with E-state index in [1.165, 1.54) is 36.8 Å². The Kier molecular flexibility index (Phi) is 29.4. The number of nitrogens with zero attached hydrogens (tertiary/aromatic N) is 2. The third-order valence-electron chi connectivity index (χ3n) is 12.0. The van der Waals surface area contributed by atoms with Crippen molar-refractivity contribution < 1.29 is 58.2 Å². The van der Waals surface area contributed by atoms with E-state index in [4.69, 9.17) is 34.4 Å². The molecular formula is C49H81N17O12. The molecule has 0 aliphatic carbocycles. The number of aliphatic carboxylic acids is 1. The van der Waals surface area contributed by atoms with Gasteiger partial charge < -0.3 is 92.1 Å². The topological polar surface area (TPSA) is 505 Å². The van der Waals surface area contributed by atoms with Gasteiger partial charge in [-0.15, -0.1) is 0 Å². The number of aromatic amines is 1. The Morgan fingerprint density at radius 2 is 1.10 bits per heavy atom. The predicted octanol–water partition coefficient (Wildman–Crippen LogP) is -4.68. The van der Waals surface area contributed by atoms with Crippen LogP contribution in [0.15, 0.2) is 41.8 Å². The van der Waals surface area contributed by atoms with Gasteiger partial charge in [0.1, 0.15) is 48.0 Å². The molecule has 434 valence electrons. The Hall–Kier alpha value is -7.92. The molecule has 0 bridgehead atoms. The number of guanidine groups is 1. The molecule has 0 unspecified atom stereocenters. The molecule has 1 aromatic carbocycles. The van der Waals surface area contributed by atoms with Crippen molar-refractivity contribution in [1.29, 1.82) is 0 Å². The molecular weight excluding hydrogens is 1020 g/mol. The molecule has 0 aliphatic heterocycles. The molecule has 0 radical (unpaired) electrons. The van der Waals surface area contributed by atoms with Gasteiger partial charge >= 0.3 is 5.97 Å². The number of benzene rings is 1. The van der Waals surface area contributed by atoms with Crippen LogP contribution in [0.4, 0.5) is 0 Å². The summed E-state index contributed by atoms with van der Waals surface area (Å²) in [6.07, 6.45) is 4.02. The number of H-pyrrole nitrogens is 1. The van der Waals surface area contributed by atoms with Crippen molar-refractivity contribution in [3.05, 3.63) is 48.0 Å². The summed E-state index contributed by atoms with van der Waals surface area (Å²) in [6.45, 7) is 6.54. The number of hydrogen-bond acceptors (Lipinski definition) is 16. The minimum Gasteiger partial charge on any atom is -0.508 e. The standard InChI is InChI=1S/C49H81N17O12/c1-26(2)39(46(75)62-33(48(77)78)11-6-8-18-51)66-45(74)35(21-29-23-56-25-59-29)64-47(76)40(27(3)4)65-42(71)32(12-9-19-57-49(54)55)61-43(72)34(20-28-13-15-30(67)16-14-28)63-44(73)36(22-37(53)68)60-38(69)24-58-41(70)31(52)10-5-7-17-50/h13-16,23,25-27,31-36,39-40,67H,5-12,17-22,24,50-52H2,1-4H3,(H2,53,68)(H,56,59)(H,58,70)(H,60,69)(H,61,72)(H,62,75)(H,63,73)(H,64,76)(H,65,71)(H,66,74)(H,77,78)(H4,54,55,57)/t31-,32-,33-,34-,35-,36-,39-,40-/m0/s1. The van der Waals surface area contributed by atoms with Gasteiger partial charge in [0.05, 0.1) is 25.3 Å². The Balaban J connectivity index is 2.47. The van der Waals surface area contributed by atoms with Crippen molar-refractivity contribution in [2.45, 2.75) is 147 Å². The quantitative estimate of drug-likeness (QED) is 0.0172. The molecule has 2 aromatic rings. The largest absolute Gasteiger partial charge is 0.508 e. The molecule has 29 heteroatoms. The van der Waals surface area contributed by atoms with Gasteiger partial charge in [0.25, 0.3) is 0 Å². The zero-order valence-corrected chi connectivity index (χ0v) is 44.7. The number of carbonyl (C=O) groups is 10. The average Bonchev–Trinajstić information content (AvgIpc) is 3.89. The minimum atomic E-state index is -1.67. The summed E-state index contributed by atoms with van der Waals surface area (Å²) in [6, 6.07) is -5.39. The maximum Gasteiger partial charge on any atom is 0.326 e. The van der Waals surface area contributed by atoms with E-state index in [1.807, 2.05) is 0 Å². The van der Waals surface area contributed by atoms with Crippen molar-refractivity contribution in [3.63, 3.8) is 0 Å². The number of aromatic nitrogens is 2. The van der Waals surface area contributed by atoms with Gasteiger partial charge in [-0.3, -0.25) is 48.1 Å². The lowest BCUT2D eigenvalue weighted by molar-refractivity contribution is -0.143. The third-order valence-corrected chi connectivity index (χ3v) is 12.0. The van der Waals surface area contributed by atoms with Crippen LogP contribution >= 0.6 is 0 Å². The number of carbonyl (C=O) groups excluding carboxylic acids is 9. The Morgan fingerprint density at radius 1 is 0.603 bits per heavy atom. The van der Waals surface area contributed by atoms with E-state index in [2.05, 4.69) is 57.5 Å².